The van der Waals surface area contributed by atoms with E-state index in [9.17, 15) is 4.79 Å². The van der Waals surface area contributed by atoms with E-state index in [-0.39, 0.29) is 17.8 Å². The lowest BCUT2D eigenvalue weighted by molar-refractivity contribution is -0.120. The fourth-order valence-corrected chi connectivity index (χ4v) is 1.22. The molecule has 1 fully saturated rings. The third-order valence-electron chi connectivity index (χ3n) is 1.91. The average Bonchev–Trinajstić information content (AvgIpc) is 1.95. The molecule has 0 heterocycles. The number of carbonyl (C=O) groups excluding carboxylic acids is 1. The molecular weight excluding hydrogens is 166 g/mol. The molecule has 1 saturated carbocycles. The van der Waals surface area contributed by atoms with Gasteiger partial charge in [0.05, 0.1) is 6.10 Å². The van der Waals surface area contributed by atoms with Gasteiger partial charge in [-0.3, -0.25) is 4.79 Å². The summed E-state index contributed by atoms with van der Waals surface area (Å²) in [6, 6.07) is 0.284. The van der Waals surface area contributed by atoms with Crippen LogP contribution in [0.3, 0.4) is 0 Å². The van der Waals surface area contributed by atoms with E-state index < -0.39 is 0 Å². The first-order valence-corrected chi connectivity index (χ1v) is 4.18. The van der Waals surface area contributed by atoms with Gasteiger partial charge in [0.1, 0.15) is 5.88 Å². The van der Waals surface area contributed by atoms with Crippen LogP contribution in [0.5, 0.6) is 0 Å². The topological polar surface area (TPSA) is 38.3 Å². The maximum atomic E-state index is 10.7. The van der Waals surface area contributed by atoms with Gasteiger partial charge < -0.3 is 10.1 Å². The van der Waals surface area contributed by atoms with Gasteiger partial charge in [0, 0.05) is 13.2 Å². The minimum absolute atomic E-state index is 0.0498. The van der Waals surface area contributed by atoms with Crippen LogP contribution in [0.1, 0.15) is 12.8 Å². The molecule has 64 valence electrons. The van der Waals surface area contributed by atoms with E-state index in [0.717, 1.165) is 12.8 Å². The van der Waals surface area contributed by atoms with Gasteiger partial charge in [-0.05, 0) is 12.8 Å². The second-order valence-corrected chi connectivity index (χ2v) is 2.99. The highest BCUT2D eigenvalue weighted by molar-refractivity contribution is 6.27. The lowest BCUT2D eigenvalue weighted by atomic mass is 9.89. The summed E-state index contributed by atoms with van der Waals surface area (Å²) < 4.78 is 5.05. The van der Waals surface area contributed by atoms with Crippen LogP contribution in [0, 0.1) is 0 Å². The fraction of sp³-hybridized carbons (Fsp3) is 0.857. The Labute approximate surface area is 71.1 Å². The number of ether oxygens (including phenoxy) is 1. The minimum Gasteiger partial charge on any atom is -0.381 e. The van der Waals surface area contributed by atoms with Gasteiger partial charge in [-0.25, -0.2) is 0 Å². The number of methoxy groups -OCH3 is 1. The molecule has 1 aliphatic carbocycles. The first kappa shape index (κ1) is 8.81. The smallest absolute Gasteiger partial charge is 0.235 e. The summed E-state index contributed by atoms with van der Waals surface area (Å²) in [6.45, 7) is 0. The van der Waals surface area contributed by atoms with Crippen molar-refractivity contribution in [1.82, 2.24) is 5.32 Å². The highest BCUT2D eigenvalue weighted by Gasteiger charge is 2.29. The second-order valence-electron chi connectivity index (χ2n) is 2.73. The number of rotatable bonds is 3. The predicted octanol–water partition coefficient (Wildman–Crippen LogP) is 0.519. The Kier molecular flexibility index (Phi) is 3.15. The second kappa shape index (κ2) is 3.93. The molecule has 1 amide bonds. The van der Waals surface area contributed by atoms with Crippen molar-refractivity contribution in [1.29, 1.82) is 0 Å². The van der Waals surface area contributed by atoms with Crippen molar-refractivity contribution in [3.8, 4) is 0 Å². The Morgan fingerprint density at radius 2 is 2.36 bits per heavy atom. The summed E-state index contributed by atoms with van der Waals surface area (Å²) in [6.07, 6.45) is 2.16. The third-order valence-corrected chi connectivity index (χ3v) is 2.16. The highest BCUT2D eigenvalue weighted by Crippen LogP contribution is 2.22. The molecule has 0 aliphatic heterocycles. The van der Waals surface area contributed by atoms with Gasteiger partial charge in [-0.15, -0.1) is 11.6 Å². The Morgan fingerprint density at radius 3 is 2.82 bits per heavy atom. The van der Waals surface area contributed by atoms with E-state index in [2.05, 4.69) is 5.32 Å². The zero-order chi connectivity index (χ0) is 8.27. The molecule has 0 unspecified atom stereocenters. The zero-order valence-electron chi connectivity index (χ0n) is 6.47. The molecule has 4 heteroatoms. The van der Waals surface area contributed by atoms with Crippen molar-refractivity contribution in [2.75, 3.05) is 13.0 Å². The van der Waals surface area contributed by atoms with Crippen LogP contribution in [0.25, 0.3) is 0 Å². The summed E-state index contributed by atoms with van der Waals surface area (Å²) >= 11 is 5.30. The molecule has 1 aliphatic rings. The van der Waals surface area contributed by atoms with Crippen molar-refractivity contribution in [3.05, 3.63) is 0 Å². The highest BCUT2D eigenvalue weighted by atomic mass is 35.5. The molecule has 0 saturated heterocycles. The van der Waals surface area contributed by atoms with Gasteiger partial charge in [-0.1, -0.05) is 0 Å². The summed E-state index contributed by atoms with van der Waals surface area (Å²) in [5, 5.41) is 2.78. The monoisotopic (exact) mass is 177 g/mol. The number of alkyl halides is 1. The molecular formula is C7H12ClNO2. The summed E-state index contributed by atoms with van der Waals surface area (Å²) in [5.74, 6) is -0.0417. The van der Waals surface area contributed by atoms with Crippen LogP contribution in [-0.2, 0) is 9.53 Å². The van der Waals surface area contributed by atoms with Crippen molar-refractivity contribution in [3.63, 3.8) is 0 Å². The number of amides is 1. The van der Waals surface area contributed by atoms with Gasteiger partial charge in [0.2, 0.25) is 5.91 Å². The molecule has 0 aromatic heterocycles. The van der Waals surface area contributed by atoms with E-state index >= 15 is 0 Å². The average molecular weight is 178 g/mol. The summed E-state index contributed by atoms with van der Waals surface area (Å²) in [7, 11) is 1.68. The molecule has 0 bridgehead atoms. The van der Waals surface area contributed by atoms with Gasteiger partial charge in [0.15, 0.2) is 0 Å². The van der Waals surface area contributed by atoms with Crippen molar-refractivity contribution >= 4 is 17.5 Å². The zero-order valence-corrected chi connectivity index (χ0v) is 7.23. The Hall–Kier alpha value is -0.280. The number of halogens is 1. The standard InChI is InChI=1S/C7H12ClNO2/c1-11-6-2-5(3-6)9-7(10)4-8/h5-6H,2-4H2,1H3,(H,9,10). The van der Waals surface area contributed by atoms with Gasteiger partial charge >= 0.3 is 0 Å². The SMILES string of the molecule is COC1CC(NC(=O)CCl)C1. The van der Waals surface area contributed by atoms with Gasteiger partial charge in [-0.2, -0.15) is 0 Å². The minimum atomic E-state index is -0.0915. The van der Waals surface area contributed by atoms with E-state index in [1.807, 2.05) is 0 Å². The molecule has 0 spiro atoms. The Balaban J connectivity index is 2.08. The van der Waals surface area contributed by atoms with Crippen LogP contribution in [0.2, 0.25) is 0 Å². The lowest BCUT2D eigenvalue weighted by Crippen LogP contribution is -2.47. The molecule has 1 N–H and O–H groups in total. The maximum absolute atomic E-state index is 10.7. The van der Waals surface area contributed by atoms with Crippen molar-refractivity contribution < 1.29 is 9.53 Å². The number of hydrogen-bond acceptors (Lipinski definition) is 2. The van der Waals surface area contributed by atoms with Crippen LogP contribution in [0.4, 0.5) is 0 Å². The van der Waals surface area contributed by atoms with E-state index in [1.165, 1.54) is 0 Å². The lowest BCUT2D eigenvalue weighted by Gasteiger charge is -2.34. The van der Waals surface area contributed by atoms with Gasteiger partial charge in [0.25, 0.3) is 0 Å². The molecule has 1 rings (SSSR count). The largest absolute Gasteiger partial charge is 0.381 e. The Morgan fingerprint density at radius 1 is 1.73 bits per heavy atom. The molecule has 0 aromatic carbocycles. The summed E-state index contributed by atoms with van der Waals surface area (Å²) in [5.41, 5.74) is 0. The molecule has 3 nitrogen and oxygen atoms in total. The number of nitrogens with one attached hydrogen (secondary N) is 1. The normalized spacial score (nSPS) is 29.3. The van der Waals surface area contributed by atoms with E-state index in [4.69, 9.17) is 16.3 Å². The quantitative estimate of drug-likeness (QED) is 0.639. The molecule has 0 aromatic rings. The fourth-order valence-electron chi connectivity index (χ4n) is 1.14. The van der Waals surface area contributed by atoms with Crippen LogP contribution >= 0.6 is 11.6 Å². The maximum Gasteiger partial charge on any atom is 0.235 e. The molecule has 0 radical (unpaired) electrons. The molecule has 11 heavy (non-hydrogen) atoms. The van der Waals surface area contributed by atoms with E-state index in [0.29, 0.717) is 6.10 Å². The summed E-state index contributed by atoms with van der Waals surface area (Å²) in [4.78, 5) is 10.7. The Bertz CT molecular complexity index is 145. The molecule has 0 atom stereocenters. The van der Waals surface area contributed by atoms with Crippen molar-refractivity contribution in [2.45, 2.75) is 25.0 Å². The third kappa shape index (κ3) is 2.34. The first-order valence-electron chi connectivity index (χ1n) is 3.64. The number of carbonyl (C=O) groups is 1. The van der Waals surface area contributed by atoms with Crippen molar-refractivity contribution in [2.24, 2.45) is 0 Å². The van der Waals surface area contributed by atoms with E-state index in [1.54, 1.807) is 7.11 Å². The predicted molar refractivity (Wildman–Crippen MR) is 42.7 cm³/mol. The first-order chi connectivity index (χ1) is 5.26. The van der Waals surface area contributed by atoms with Crippen LogP contribution in [-0.4, -0.2) is 31.0 Å². The van der Waals surface area contributed by atoms with Crippen LogP contribution < -0.4 is 5.32 Å². The van der Waals surface area contributed by atoms with Crippen LogP contribution in [0.15, 0.2) is 0 Å². The number of hydrogen-bond donors (Lipinski definition) is 1.